The normalized spacial score (nSPS) is 9.41. The predicted octanol–water partition coefficient (Wildman–Crippen LogP) is 3.19. The Morgan fingerprint density at radius 2 is 1.76 bits per heavy atom. The van der Waals surface area contributed by atoms with Gasteiger partial charge in [0.05, 0.1) is 6.61 Å². The first-order valence-electron chi connectivity index (χ1n) is 6.08. The Kier molecular flexibility index (Phi) is 8.08. The standard InChI is InChI=1S/C14H22O3/c1-5-12(9-11(3)4)7-8-13(15)10-14(16)17-6-2/h5-8,10H2,1-4H3. The smallest absolute Gasteiger partial charge is 0.313 e. The number of ketones is 1. The van der Waals surface area contributed by atoms with E-state index in [2.05, 4.69) is 5.73 Å². The molecule has 0 atom stereocenters. The molecule has 0 aliphatic heterocycles. The van der Waals surface area contributed by atoms with Crippen molar-refractivity contribution in [3.05, 3.63) is 16.9 Å². The molecule has 0 saturated heterocycles. The molecule has 0 heterocycles. The molecule has 0 N–H and O–H groups in total. The number of esters is 1. The Morgan fingerprint density at radius 3 is 2.24 bits per heavy atom. The zero-order valence-corrected chi connectivity index (χ0v) is 11.3. The molecule has 0 rings (SSSR count). The molecule has 0 radical (unpaired) electrons. The first-order valence-corrected chi connectivity index (χ1v) is 6.08. The second-order valence-electron chi connectivity index (χ2n) is 4.10. The van der Waals surface area contributed by atoms with E-state index in [4.69, 9.17) is 4.74 Å². The lowest BCUT2D eigenvalue weighted by atomic mass is 10.0. The number of allylic oxidation sites excluding steroid dienone is 1. The van der Waals surface area contributed by atoms with Gasteiger partial charge in [-0.05, 0) is 44.8 Å². The summed E-state index contributed by atoms with van der Waals surface area (Å²) >= 11 is 0. The van der Waals surface area contributed by atoms with Gasteiger partial charge in [0.1, 0.15) is 12.2 Å². The van der Waals surface area contributed by atoms with Crippen molar-refractivity contribution in [1.82, 2.24) is 0 Å². The highest BCUT2D eigenvalue weighted by Crippen LogP contribution is 2.10. The van der Waals surface area contributed by atoms with Crippen molar-refractivity contribution >= 4 is 11.8 Å². The molecule has 0 saturated carbocycles. The van der Waals surface area contributed by atoms with Crippen LogP contribution in [0.4, 0.5) is 0 Å². The third-order valence-corrected chi connectivity index (χ3v) is 2.21. The number of carbonyl (C=O) groups is 2. The monoisotopic (exact) mass is 238 g/mol. The number of Topliss-reactive ketones (excluding diaryl/α,β-unsaturated/α-hetero) is 1. The van der Waals surface area contributed by atoms with Gasteiger partial charge in [-0.15, -0.1) is 5.73 Å². The van der Waals surface area contributed by atoms with Gasteiger partial charge in [-0.1, -0.05) is 6.92 Å². The van der Waals surface area contributed by atoms with E-state index in [9.17, 15) is 9.59 Å². The summed E-state index contributed by atoms with van der Waals surface area (Å²) in [7, 11) is 0. The summed E-state index contributed by atoms with van der Waals surface area (Å²) in [5.41, 5.74) is 5.47. The highest BCUT2D eigenvalue weighted by atomic mass is 16.5. The molecular formula is C14H22O3. The fourth-order valence-corrected chi connectivity index (χ4v) is 1.43. The maximum atomic E-state index is 11.5. The molecule has 17 heavy (non-hydrogen) atoms. The molecule has 3 nitrogen and oxygen atoms in total. The fraction of sp³-hybridized carbons (Fsp3) is 0.643. The van der Waals surface area contributed by atoms with Gasteiger partial charge in [0.2, 0.25) is 0 Å². The van der Waals surface area contributed by atoms with Crippen molar-refractivity contribution in [1.29, 1.82) is 0 Å². The summed E-state index contributed by atoms with van der Waals surface area (Å²) in [4.78, 5) is 22.6. The van der Waals surface area contributed by atoms with Crippen molar-refractivity contribution in [2.45, 2.75) is 53.4 Å². The van der Waals surface area contributed by atoms with E-state index >= 15 is 0 Å². The van der Waals surface area contributed by atoms with Crippen molar-refractivity contribution in [2.24, 2.45) is 0 Å². The van der Waals surface area contributed by atoms with Crippen LogP contribution in [0.2, 0.25) is 0 Å². The SMILES string of the molecule is CCOC(=O)CC(=O)CCC(=C=C(C)C)CC. The summed E-state index contributed by atoms with van der Waals surface area (Å²) in [6.07, 6.45) is 1.85. The van der Waals surface area contributed by atoms with Crippen molar-refractivity contribution in [3.8, 4) is 0 Å². The van der Waals surface area contributed by atoms with Crippen LogP contribution in [0.15, 0.2) is 16.9 Å². The highest BCUT2D eigenvalue weighted by Gasteiger charge is 2.10. The fourth-order valence-electron chi connectivity index (χ4n) is 1.43. The first-order chi connectivity index (χ1) is 7.99. The summed E-state index contributed by atoms with van der Waals surface area (Å²) in [6, 6.07) is 0. The molecule has 0 aromatic heterocycles. The van der Waals surface area contributed by atoms with Gasteiger partial charge in [0, 0.05) is 6.42 Å². The van der Waals surface area contributed by atoms with Gasteiger partial charge in [-0.2, -0.15) is 0 Å². The molecule has 0 fully saturated rings. The van der Waals surface area contributed by atoms with E-state index < -0.39 is 5.97 Å². The molecule has 3 heteroatoms. The van der Waals surface area contributed by atoms with Crippen molar-refractivity contribution in [2.75, 3.05) is 6.61 Å². The molecule has 0 unspecified atom stereocenters. The number of carbonyl (C=O) groups excluding carboxylic acids is 2. The number of ether oxygens (including phenoxy) is 1. The van der Waals surface area contributed by atoms with E-state index in [-0.39, 0.29) is 12.2 Å². The molecule has 0 aromatic rings. The van der Waals surface area contributed by atoms with Crippen LogP contribution in [0.25, 0.3) is 0 Å². The first kappa shape index (κ1) is 15.7. The van der Waals surface area contributed by atoms with Crippen LogP contribution in [0.1, 0.15) is 53.4 Å². The van der Waals surface area contributed by atoms with Gasteiger partial charge in [-0.3, -0.25) is 9.59 Å². The number of rotatable bonds is 7. The largest absolute Gasteiger partial charge is 0.466 e. The summed E-state index contributed by atoms with van der Waals surface area (Å²) in [5.74, 6) is -0.494. The third kappa shape index (κ3) is 8.47. The lowest BCUT2D eigenvalue weighted by Crippen LogP contribution is -2.11. The average molecular weight is 238 g/mol. The lowest BCUT2D eigenvalue weighted by molar-refractivity contribution is -0.145. The minimum Gasteiger partial charge on any atom is -0.466 e. The van der Waals surface area contributed by atoms with Crippen LogP contribution >= 0.6 is 0 Å². The van der Waals surface area contributed by atoms with Gasteiger partial charge >= 0.3 is 5.97 Å². The average Bonchev–Trinajstić information content (AvgIpc) is 2.23. The highest BCUT2D eigenvalue weighted by molar-refractivity contribution is 5.95. The second-order valence-corrected chi connectivity index (χ2v) is 4.10. The molecule has 0 amide bonds. The molecule has 0 aromatic carbocycles. The van der Waals surface area contributed by atoms with Crippen LogP contribution < -0.4 is 0 Å². The maximum Gasteiger partial charge on any atom is 0.313 e. The van der Waals surface area contributed by atoms with Crippen LogP contribution in [-0.2, 0) is 14.3 Å². The Morgan fingerprint density at radius 1 is 1.12 bits per heavy atom. The molecule has 0 bridgehead atoms. The lowest BCUT2D eigenvalue weighted by Gasteiger charge is -2.02. The van der Waals surface area contributed by atoms with Gasteiger partial charge in [-0.25, -0.2) is 0 Å². The van der Waals surface area contributed by atoms with Gasteiger partial charge in [0.15, 0.2) is 0 Å². The quantitative estimate of drug-likeness (QED) is 0.388. The van der Waals surface area contributed by atoms with E-state index in [1.54, 1.807) is 6.92 Å². The van der Waals surface area contributed by atoms with Gasteiger partial charge in [0.25, 0.3) is 0 Å². The zero-order valence-electron chi connectivity index (χ0n) is 11.3. The van der Waals surface area contributed by atoms with Gasteiger partial charge < -0.3 is 4.74 Å². The minimum atomic E-state index is -0.429. The number of hydrogen-bond acceptors (Lipinski definition) is 3. The Hall–Kier alpha value is -1.34. The number of hydrogen-bond donors (Lipinski definition) is 0. The van der Waals surface area contributed by atoms with Crippen LogP contribution in [0.5, 0.6) is 0 Å². The molecule has 0 aliphatic carbocycles. The van der Waals surface area contributed by atoms with Crippen LogP contribution in [0, 0.1) is 0 Å². The summed E-state index contributed by atoms with van der Waals surface area (Å²) < 4.78 is 4.72. The molecule has 96 valence electrons. The van der Waals surface area contributed by atoms with Crippen molar-refractivity contribution < 1.29 is 14.3 Å². The van der Waals surface area contributed by atoms with E-state index in [0.717, 1.165) is 17.6 Å². The molecule has 0 aliphatic rings. The Balaban J connectivity index is 4.16. The maximum absolute atomic E-state index is 11.5. The summed E-state index contributed by atoms with van der Waals surface area (Å²) in [5, 5.41) is 0. The second kappa shape index (κ2) is 8.77. The zero-order chi connectivity index (χ0) is 13.3. The Bertz CT molecular complexity index is 329. The van der Waals surface area contributed by atoms with Crippen molar-refractivity contribution in [3.63, 3.8) is 0 Å². The molecule has 0 spiro atoms. The predicted molar refractivity (Wildman–Crippen MR) is 67.7 cm³/mol. The topological polar surface area (TPSA) is 43.4 Å². The molecular weight excluding hydrogens is 216 g/mol. The minimum absolute atomic E-state index is 0.0649. The van der Waals surface area contributed by atoms with E-state index in [1.807, 2.05) is 20.8 Å². The third-order valence-electron chi connectivity index (χ3n) is 2.21. The van der Waals surface area contributed by atoms with Crippen LogP contribution in [0.3, 0.4) is 0 Å². The summed E-state index contributed by atoms with van der Waals surface area (Å²) in [6.45, 7) is 8.06. The van der Waals surface area contributed by atoms with Crippen LogP contribution in [-0.4, -0.2) is 18.4 Å². The van der Waals surface area contributed by atoms with E-state index in [0.29, 0.717) is 19.4 Å². The van der Waals surface area contributed by atoms with E-state index in [1.165, 1.54) is 0 Å². The Labute approximate surface area is 104 Å².